The van der Waals surface area contributed by atoms with Crippen molar-refractivity contribution < 1.29 is 22.8 Å². The largest absolute Gasteiger partial charge is 0.435 e. The summed E-state index contributed by atoms with van der Waals surface area (Å²) in [7, 11) is 0. The Labute approximate surface area is 146 Å². The first-order valence-electron chi connectivity index (χ1n) is 7.35. The third-order valence-electron chi connectivity index (χ3n) is 3.32. The van der Waals surface area contributed by atoms with Crippen molar-refractivity contribution in [2.45, 2.75) is 53.3 Å². The zero-order valence-corrected chi connectivity index (χ0v) is 15.4. The van der Waals surface area contributed by atoms with Crippen LogP contribution in [0.4, 0.5) is 13.2 Å². The lowest BCUT2D eigenvalue weighted by Gasteiger charge is -2.13. The number of alkyl halides is 3. The normalized spacial score (nSPS) is 11.3. The lowest BCUT2D eigenvalue weighted by Crippen LogP contribution is -2.29. The van der Waals surface area contributed by atoms with Gasteiger partial charge < -0.3 is 9.88 Å². The fourth-order valence-corrected chi connectivity index (χ4v) is 2.62. The van der Waals surface area contributed by atoms with E-state index in [4.69, 9.17) is 0 Å². The average molecular weight is 410 g/mol. The summed E-state index contributed by atoms with van der Waals surface area (Å²) >= 11 is 2.91. The number of ketones is 1. The lowest BCUT2D eigenvalue weighted by molar-refractivity contribution is -0.141. The lowest BCUT2D eigenvalue weighted by atomic mass is 10.2. The molecule has 1 N–H and O–H groups in total. The minimum atomic E-state index is -4.78. The van der Waals surface area contributed by atoms with Crippen LogP contribution in [0.1, 0.15) is 56.7 Å². The summed E-state index contributed by atoms with van der Waals surface area (Å²) in [6, 6.07) is 0. The van der Waals surface area contributed by atoms with Gasteiger partial charge >= 0.3 is 6.18 Å². The number of amides is 1. The highest BCUT2D eigenvalue weighted by Crippen LogP contribution is 2.33. The molecule has 0 unspecified atom stereocenters. The molecule has 0 aliphatic carbocycles. The van der Waals surface area contributed by atoms with Crippen molar-refractivity contribution in [3.05, 3.63) is 27.4 Å². The van der Waals surface area contributed by atoms with Crippen LogP contribution in [0.2, 0.25) is 0 Å². The second-order valence-corrected chi connectivity index (χ2v) is 6.03. The van der Waals surface area contributed by atoms with Crippen LogP contribution < -0.4 is 5.32 Å². The number of halogens is 4. The van der Waals surface area contributed by atoms with Crippen LogP contribution in [0.3, 0.4) is 0 Å². The SMILES string of the molecule is CCC(=O)c1c(C(F)(F)F)nc(Br)n1CC(=O)NC(CC)=C(C)C. The highest BCUT2D eigenvalue weighted by atomic mass is 79.9. The van der Waals surface area contributed by atoms with Crippen molar-refractivity contribution in [3.63, 3.8) is 0 Å². The number of imidazole rings is 1. The quantitative estimate of drug-likeness (QED) is 0.719. The van der Waals surface area contributed by atoms with Crippen molar-refractivity contribution in [2.24, 2.45) is 0 Å². The fraction of sp³-hybridized carbons (Fsp3) is 0.533. The van der Waals surface area contributed by atoms with E-state index in [-0.39, 0.29) is 11.2 Å². The zero-order chi connectivity index (χ0) is 18.7. The topological polar surface area (TPSA) is 64.0 Å². The number of carbonyl (C=O) groups is 2. The predicted molar refractivity (Wildman–Crippen MR) is 86.4 cm³/mol. The summed E-state index contributed by atoms with van der Waals surface area (Å²) in [4.78, 5) is 27.5. The van der Waals surface area contributed by atoms with E-state index in [1.54, 1.807) is 0 Å². The molecule has 9 heteroatoms. The molecule has 1 aromatic heterocycles. The Morgan fingerprint density at radius 1 is 1.21 bits per heavy atom. The van der Waals surface area contributed by atoms with Crippen LogP contribution in [0.15, 0.2) is 16.0 Å². The number of Topliss-reactive ketones (excluding diaryl/α,β-unsaturated/α-hetero) is 1. The van der Waals surface area contributed by atoms with Crippen LogP contribution >= 0.6 is 15.9 Å². The average Bonchev–Trinajstić information content (AvgIpc) is 2.80. The monoisotopic (exact) mass is 409 g/mol. The molecule has 0 aliphatic heterocycles. The van der Waals surface area contributed by atoms with Crippen molar-refractivity contribution in [1.29, 1.82) is 0 Å². The van der Waals surface area contributed by atoms with Gasteiger partial charge in [-0.05, 0) is 36.2 Å². The highest BCUT2D eigenvalue weighted by molar-refractivity contribution is 9.10. The standard InChI is InChI=1S/C15H19BrF3N3O2/c1-5-9(8(3)4)20-11(24)7-22-12(10(23)6-2)13(15(17,18)19)21-14(22)16/h5-7H2,1-4H3,(H,20,24). The highest BCUT2D eigenvalue weighted by Gasteiger charge is 2.40. The summed E-state index contributed by atoms with van der Waals surface area (Å²) in [6.45, 7) is 6.50. The maximum Gasteiger partial charge on any atom is 0.435 e. The van der Waals surface area contributed by atoms with E-state index in [0.29, 0.717) is 12.1 Å². The van der Waals surface area contributed by atoms with Gasteiger partial charge in [-0.1, -0.05) is 19.4 Å². The first-order valence-corrected chi connectivity index (χ1v) is 8.14. The van der Waals surface area contributed by atoms with Gasteiger partial charge in [-0.15, -0.1) is 0 Å². The minimum Gasteiger partial charge on any atom is -0.328 e. The van der Waals surface area contributed by atoms with Gasteiger partial charge in [0.05, 0.1) is 0 Å². The first-order chi connectivity index (χ1) is 11.0. The van der Waals surface area contributed by atoms with Crippen molar-refractivity contribution in [2.75, 3.05) is 0 Å². The third-order valence-corrected chi connectivity index (χ3v) is 3.93. The van der Waals surface area contributed by atoms with E-state index in [1.165, 1.54) is 6.92 Å². The fourth-order valence-electron chi connectivity index (χ4n) is 2.14. The minimum absolute atomic E-state index is 0.128. The van der Waals surface area contributed by atoms with E-state index in [9.17, 15) is 22.8 Å². The van der Waals surface area contributed by atoms with Crippen molar-refractivity contribution in [3.8, 4) is 0 Å². The Morgan fingerprint density at radius 2 is 1.79 bits per heavy atom. The number of aromatic nitrogens is 2. The van der Waals surface area contributed by atoms with Gasteiger partial charge in [0.2, 0.25) is 5.91 Å². The van der Waals surface area contributed by atoms with Gasteiger partial charge in [0, 0.05) is 12.1 Å². The zero-order valence-electron chi connectivity index (χ0n) is 13.8. The third kappa shape index (κ3) is 4.68. The number of rotatable bonds is 6. The van der Waals surface area contributed by atoms with Crippen LogP contribution in [0, 0.1) is 0 Å². The molecule has 0 saturated heterocycles. The van der Waals surface area contributed by atoms with E-state index in [0.717, 1.165) is 10.1 Å². The maximum absolute atomic E-state index is 13.1. The second-order valence-electron chi connectivity index (χ2n) is 5.32. The van der Waals surface area contributed by atoms with E-state index in [2.05, 4.69) is 26.2 Å². The van der Waals surface area contributed by atoms with Gasteiger partial charge in [0.1, 0.15) is 12.2 Å². The molecular weight excluding hydrogens is 391 g/mol. The number of nitrogens with zero attached hydrogens (tertiary/aromatic N) is 2. The first kappa shape index (κ1) is 20.4. The Morgan fingerprint density at radius 3 is 2.21 bits per heavy atom. The Kier molecular flexibility index (Phi) is 6.76. The van der Waals surface area contributed by atoms with Gasteiger partial charge in [-0.2, -0.15) is 13.2 Å². The van der Waals surface area contributed by atoms with Crippen LogP contribution in [0.25, 0.3) is 0 Å². The number of hydrogen-bond acceptors (Lipinski definition) is 3. The number of carbonyl (C=O) groups excluding carboxylic acids is 2. The van der Waals surface area contributed by atoms with Gasteiger partial charge in [-0.25, -0.2) is 4.98 Å². The molecule has 1 amide bonds. The molecule has 0 aromatic carbocycles. The van der Waals surface area contributed by atoms with Gasteiger partial charge in [0.25, 0.3) is 0 Å². The molecule has 0 aliphatic rings. The van der Waals surface area contributed by atoms with Crippen LogP contribution in [-0.4, -0.2) is 21.2 Å². The van der Waals surface area contributed by atoms with Gasteiger partial charge in [0.15, 0.2) is 16.2 Å². The van der Waals surface area contributed by atoms with Crippen molar-refractivity contribution >= 4 is 27.6 Å². The number of nitrogens with one attached hydrogen (secondary N) is 1. The molecule has 1 heterocycles. The molecular formula is C15H19BrF3N3O2. The number of hydrogen-bond donors (Lipinski definition) is 1. The molecule has 1 rings (SSSR count). The molecule has 0 saturated carbocycles. The van der Waals surface area contributed by atoms with Crippen LogP contribution in [0.5, 0.6) is 0 Å². The molecule has 0 atom stereocenters. The summed E-state index contributed by atoms with van der Waals surface area (Å²) in [5.41, 5.74) is -0.304. The molecule has 5 nitrogen and oxygen atoms in total. The Balaban J connectivity index is 3.25. The summed E-state index contributed by atoms with van der Waals surface area (Å²) < 4.78 is 40.0. The molecule has 0 spiro atoms. The van der Waals surface area contributed by atoms with Gasteiger partial charge in [-0.3, -0.25) is 9.59 Å². The molecule has 134 valence electrons. The maximum atomic E-state index is 13.1. The predicted octanol–water partition coefficient (Wildman–Crippen LogP) is 4.08. The Bertz CT molecular complexity index is 674. The summed E-state index contributed by atoms with van der Waals surface area (Å²) in [5.74, 6) is -1.25. The number of allylic oxidation sites excluding steroid dienone is 2. The molecule has 0 radical (unpaired) electrons. The van der Waals surface area contributed by atoms with Crippen molar-refractivity contribution in [1.82, 2.24) is 14.9 Å². The molecule has 0 fully saturated rings. The molecule has 1 aromatic rings. The summed E-state index contributed by atoms with van der Waals surface area (Å²) in [6.07, 6.45) is -4.33. The second kappa shape index (κ2) is 7.96. The molecule has 24 heavy (non-hydrogen) atoms. The van der Waals surface area contributed by atoms with E-state index >= 15 is 0 Å². The van der Waals surface area contributed by atoms with E-state index in [1.807, 2.05) is 20.8 Å². The van der Waals surface area contributed by atoms with E-state index < -0.39 is 35.8 Å². The smallest absolute Gasteiger partial charge is 0.328 e. The Hall–Kier alpha value is -1.64. The van der Waals surface area contributed by atoms with Crippen LogP contribution in [-0.2, 0) is 17.5 Å². The summed E-state index contributed by atoms with van der Waals surface area (Å²) in [5, 5.41) is 2.65. The molecule has 0 bridgehead atoms.